The quantitative estimate of drug-likeness (QED) is 0.720. The number of piperidine rings is 1. The molecule has 1 saturated heterocycles. The van der Waals surface area contributed by atoms with Crippen LogP contribution < -0.4 is 0 Å². The third-order valence-electron chi connectivity index (χ3n) is 3.07. The molecule has 0 atom stereocenters. The topological polar surface area (TPSA) is 51.0 Å². The smallest absolute Gasteiger partial charge is 0.237 e. The minimum absolute atomic E-state index is 0.0260. The minimum atomic E-state index is 0.0260. The van der Waals surface area contributed by atoms with Crippen molar-refractivity contribution in [2.45, 2.75) is 18.8 Å². The van der Waals surface area contributed by atoms with Gasteiger partial charge >= 0.3 is 0 Å². The van der Waals surface area contributed by atoms with Gasteiger partial charge in [0.15, 0.2) is 0 Å². The summed E-state index contributed by atoms with van der Waals surface area (Å²) in [5.74, 6) is 1.53. The van der Waals surface area contributed by atoms with E-state index in [0.717, 1.165) is 31.8 Å². The number of aromatic nitrogens is 3. The number of nitrogens with zero attached hydrogens (tertiary/aromatic N) is 4. The molecule has 1 aromatic heterocycles. The van der Waals surface area contributed by atoms with Gasteiger partial charge in [-0.15, -0.1) is 21.8 Å². The highest BCUT2D eigenvalue weighted by Gasteiger charge is 2.25. The van der Waals surface area contributed by atoms with Gasteiger partial charge in [-0.2, -0.15) is 0 Å². The lowest BCUT2D eigenvalue weighted by atomic mass is 9.96. The van der Waals surface area contributed by atoms with Gasteiger partial charge in [0.25, 0.3) is 0 Å². The molecule has 1 aliphatic heterocycles. The summed E-state index contributed by atoms with van der Waals surface area (Å²) in [7, 11) is 1.95. The van der Waals surface area contributed by atoms with E-state index in [1.54, 1.807) is 6.33 Å². The van der Waals surface area contributed by atoms with Crippen molar-refractivity contribution in [2.24, 2.45) is 7.05 Å². The Bertz CT molecular complexity index is 371. The molecule has 1 fully saturated rings. The van der Waals surface area contributed by atoms with E-state index in [-0.39, 0.29) is 11.8 Å². The van der Waals surface area contributed by atoms with Gasteiger partial charge in [0, 0.05) is 26.1 Å². The Labute approximate surface area is 99.4 Å². The fourth-order valence-corrected chi connectivity index (χ4v) is 2.30. The molecule has 0 aliphatic carbocycles. The van der Waals surface area contributed by atoms with Crippen LogP contribution in [0.2, 0.25) is 0 Å². The monoisotopic (exact) mass is 242 g/mol. The molecule has 0 saturated carbocycles. The van der Waals surface area contributed by atoms with Crippen LogP contribution >= 0.6 is 11.6 Å². The molecule has 0 N–H and O–H groups in total. The van der Waals surface area contributed by atoms with Gasteiger partial charge in [-0.05, 0) is 12.8 Å². The van der Waals surface area contributed by atoms with Crippen molar-refractivity contribution in [3.05, 3.63) is 12.2 Å². The average molecular weight is 243 g/mol. The molecule has 2 rings (SSSR count). The second-order valence-corrected chi connectivity index (χ2v) is 4.36. The van der Waals surface area contributed by atoms with Gasteiger partial charge < -0.3 is 9.47 Å². The number of rotatable bonds is 2. The largest absolute Gasteiger partial charge is 0.342 e. The number of hydrogen-bond acceptors (Lipinski definition) is 3. The van der Waals surface area contributed by atoms with Crippen molar-refractivity contribution < 1.29 is 4.79 Å². The molecule has 0 spiro atoms. The van der Waals surface area contributed by atoms with E-state index in [4.69, 9.17) is 11.6 Å². The number of carbonyl (C=O) groups is 1. The predicted octanol–water partition coefficient (Wildman–Crippen LogP) is 0.760. The van der Waals surface area contributed by atoms with Crippen LogP contribution in [0.3, 0.4) is 0 Å². The van der Waals surface area contributed by atoms with E-state index < -0.39 is 0 Å². The first-order valence-corrected chi connectivity index (χ1v) is 5.93. The fourth-order valence-electron chi connectivity index (χ4n) is 2.13. The Hall–Kier alpha value is -1.10. The van der Waals surface area contributed by atoms with E-state index >= 15 is 0 Å². The molecule has 5 nitrogen and oxygen atoms in total. The van der Waals surface area contributed by atoms with Gasteiger partial charge in [0.2, 0.25) is 5.91 Å². The maximum Gasteiger partial charge on any atom is 0.237 e. The lowest BCUT2D eigenvalue weighted by Crippen LogP contribution is -2.39. The van der Waals surface area contributed by atoms with Crippen LogP contribution in [0.4, 0.5) is 0 Å². The summed E-state index contributed by atoms with van der Waals surface area (Å²) in [6.45, 7) is 1.53. The van der Waals surface area contributed by atoms with Crippen LogP contribution in [0.1, 0.15) is 24.6 Å². The van der Waals surface area contributed by atoms with Crippen molar-refractivity contribution in [1.82, 2.24) is 19.7 Å². The van der Waals surface area contributed by atoms with Crippen LogP contribution in [0.25, 0.3) is 0 Å². The summed E-state index contributed by atoms with van der Waals surface area (Å²) < 4.78 is 1.95. The van der Waals surface area contributed by atoms with E-state index in [1.807, 2.05) is 16.5 Å². The zero-order valence-corrected chi connectivity index (χ0v) is 10.0. The molecule has 0 unspecified atom stereocenters. The summed E-state index contributed by atoms with van der Waals surface area (Å²) in [5, 5.41) is 7.99. The first kappa shape index (κ1) is 11.4. The van der Waals surface area contributed by atoms with Gasteiger partial charge in [0.05, 0.1) is 0 Å². The standard InChI is InChI=1S/C10H15ClN4O/c1-14-7-12-13-10(14)8-2-4-15(5-3-8)9(16)6-11/h7-8H,2-6H2,1H3. The number of likely N-dealkylation sites (tertiary alicyclic amines) is 1. The van der Waals surface area contributed by atoms with Crippen molar-refractivity contribution in [3.8, 4) is 0 Å². The Kier molecular flexibility index (Phi) is 3.43. The van der Waals surface area contributed by atoms with Gasteiger partial charge in [0.1, 0.15) is 18.0 Å². The predicted molar refractivity (Wildman–Crippen MR) is 60.3 cm³/mol. The number of hydrogen-bond donors (Lipinski definition) is 0. The molecule has 1 aliphatic rings. The molecule has 0 radical (unpaired) electrons. The van der Waals surface area contributed by atoms with E-state index in [0.29, 0.717) is 5.92 Å². The molecule has 16 heavy (non-hydrogen) atoms. The molecular formula is C10H15ClN4O. The minimum Gasteiger partial charge on any atom is -0.342 e. The molecule has 1 amide bonds. The Morgan fingerprint density at radius 3 is 2.75 bits per heavy atom. The number of carbonyl (C=O) groups excluding carboxylic acids is 1. The zero-order chi connectivity index (χ0) is 11.5. The van der Waals surface area contributed by atoms with Crippen LogP contribution in [-0.2, 0) is 11.8 Å². The Morgan fingerprint density at radius 1 is 1.56 bits per heavy atom. The Balaban J connectivity index is 1.95. The number of aryl methyl sites for hydroxylation is 1. The van der Waals surface area contributed by atoms with Gasteiger partial charge in [-0.1, -0.05) is 0 Å². The SMILES string of the molecule is Cn1cnnc1C1CCN(C(=O)CCl)CC1. The maximum absolute atomic E-state index is 11.4. The normalized spacial score (nSPS) is 17.8. The summed E-state index contributed by atoms with van der Waals surface area (Å²) in [4.78, 5) is 13.2. The van der Waals surface area contributed by atoms with Crippen molar-refractivity contribution >= 4 is 17.5 Å². The van der Waals surface area contributed by atoms with E-state index in [9.17, 15) is 4.79 Å². The number of amides is 1. The highest BCUT2D eigenvalue weighted by Crippen LogP contribution is 2.25. The summed E-state index contributed by atoms with van der Waals surface area (Å²) in [6.07, 6.45) is 3.59. The molecule has 2 heterocycles. The maximum atomic E-state index is 11.4. The lowest BCUT2D eigenvalue weighted by molar-refractivity contribution is -0.129. The second-order valence-electron chi connectivity index (χ2n) is 4.09. The molecule has 0 aromatic carbocycles. The van der Waals surface area contributed by atoms with Gasteiger partial charge in [-0.25, -0.2) is 0 Å². The van der Waals surface area contributed by atoms with Crippen molar-refractivity contribution in [3.63, 3.8) is 0 Å². The molecular weight excluding hydrogens is 228 g/mol. The van der Waals surface area contributed by atoms with Crippen LogP contribution in [0.15, 0.2) is 6.33 Å². The number of alkyl halides is 1. The third kappa shape index (κ3) is 2.19. The van der Waals surface area contributed by atoms with E-state index in [2.05, 4.69) is 10.2 Å². The molecule has 0 bridgehead atoms. The molecule has 88 valence electrons. The fraction of sp³-hybridized carbons (Fsp3) is 0.700. The third-order valence-corrected chi connectivity index (χ3v) is 3.30. The van der Waals surface area contributed by atoms with Gasteiger partial charge in [-0.3, -0.25) is 4.79 Å². The molecule has 1 aromatic rings. The number of halogens is 1. The first-order chi connectivity index (χ1) is 7.72. The van der Waals surface area contributed by atoms with Crippen molar-refractivity contribution in [1.29, 1.82) is 0 Å². The van der Waals surface area contributed by atoms with Crippen LogP contribution in [-0.4, -0.2) is 44.5 Å². The molecule has 6 heteroatoms. The van der Waals surface area contributed by atoms with Crippen molar-refractivity contribution in [2.75, 3.05) is 19.0 Å². The first-order valence-electron chi connectivity index (χ1n) is 5.40. The summed E-state index contributed by atoms with van der Waals surface area (Å²) in [6, 6.07) is 0. The zero-order valence-electron chi connectivity index (χ0n) is 9.27. The second kappa shape index (κ2) is 4.82. The Morgan fingerprint density at radius 2 is 2.25 bits per heavy atom. The highest BCUT2D eigenvalue weighted by atomic mass is 35.5. The highest BCUT2D eigenvalue weighted by molar-refractivity contribution is 6.27. The van der Waals surface area contributed by atoms with E-state index in [1.165, 1.54) is 0 Å². The summed E-state index contributed by atoms with van der Waals surface area (Å²) in [5.41, 5.74) is 0. The van der Waals surface area contributed by atoms with Crippen LogP contribution in [0, 0.1) is 0 Å². The lowest BCUT2D eigenvalue weighted by Gasteiger charge is -2.30. The van der Waals surface area contributed by atoms with Crippen LogP contribution in [0.5, 0.6) is 0 Å². The summed E-state index contributed by atoms with van der Waals surface area (Å²) >= 11 is 5.53. The average Bonchev–Trinajstić information content (AvgIpc) is 2.75.